The Morgan fingerprint density at radius 1 is 1.04 bits per heavy atom. The Balaban J connectivity index is 1.70. The predicted molar refractivity (Wildman–Crippen MR) is 98.2 cm³/mol. The van der Waals surface area contributed by atoms with Crippen LogP contribution in [-0.4, -0.2) is 5.91 Å². The van der Waals surface area contributed by atoms with Gasteiger partial charge in [-0.3, -0.25) is 4.79 Å². The van der Waals surface area contributed by atoms with Crippen molar-refractivity contribution >= 4 is 40.9 Å². The van der Waals surface area contributed by atoms with Crippen molar-refractivity contribution in [2.45, 2.75) is 0 Å². The lowest BCUT2D eigenvalue weighted by atomic mass is 10.2. The van der Waals surface area contributed by atoms with Crippen LogP contribution in [0.15, 0.2) is 65.1 Å². The number of halogens is 3. The lowest BCUT2D eigenvalue weighted by molar-refractivity contribution is -0.111. The van der Waals surface area contributed by atoms with Gasteiger partial charge in [-0.05, 0) is 54.6 Å². The lowest BCUT2D eigenvalue weighted by Crippen LogP contribution is -2.07. The molecule has 3 aromatic rings. The average molecular weight is 376 g/mol. The summed E-state index contributed by atoms with van der Waals surface area (Å²) in [4.78, 5) is 11.9. The van der Waals surface area contributed by atoms with Crippen LogP contribution >= 0.6 is 23.2 Å². The molecule has 1 aromatic heterocycles. The topological polar surface area (TPSA) is 42.2 Å². The Morgan fingerprint density at radius 3 is 2.56 bits per heavy atom. The van der Waals surface area contributed by atoms with Gasteiger partial charge in [-0.2, -0.15) is 0 Å². The first-order valence-electron chi connectivity index (χ1n) is 7.32. The van der Waals surface area contributed by atoms with Crippen LogP contribution in [0.4, 0.5) is 10.1 Å². The maximum atomic E-state index is 12.8. The third-order valence-corrected chi connectivity index (χ3v) is 4.17. The lowest BCUT2D eigenvalue weighted by Gasteiger charge is -2.02. The Labute approximate surface area is 153 Å². The molecule has 0 spiro atoms. The van der Waals surface area contributed by atoms with Gasteiger partial charge in [0.2, 0.25) is 5.91 Å². The fourth-order valence-corrected chi connectivity index (χ4v) is 2.55. The van der Waals surface area contributed by atoms with E-state index < -0.39 is 0 Å². The van der Waals surface area contributed by atoms with Gasteiger partial charge in [0.1, 0.15) is 17.3 Å². The Kier molecular flexibility index (Phi) is 5.22. The minimum Gasteiger partial charge on any atom is -0.457 e. The van der Waals surface area contributed by atoms with Crippen LogP contribution in [0.25, 0.3) is 17.4 Å². The minimum absolute atomic E-state index is 0.356. The van der Waals surface area contributed by atoms with Crippen molar-refractivity contribution in [3.63, 3.8) is 0 Å². The molecule has 0 aliphatic carbocycles. The van der Waals surface area contributed by atoms with Crippen LogP contribution in [0.3, 0.4) is 0 Å². The van der Waals surface area contributed by atoms with E-state index in [-0.39, 0.29) is 11.7 Å². The van der Waals surface area contributed by atoms with E-state index in [4.69, 9.17) is 27.6 Å². The number of amides is 1. The Bertz CT molecular complexity index is 933. The van der Waals surface area contributed by atoms with Gasteiger partial charge in [0, 0.05) is 17.3 Å². The van der Waals surface area contributed by atoms with E-state index in [1.807, 2.05) is 0 Å². The van der Waals surface area contributed by atoms with Crippen molar-refractivity contribution in [2.24, 2.45) is 0 Å². The second-order valence-electron chi connectivity index (χ2n) is 5.13. The van der Waals surface area contributed by atoms with Gasteiger partial charge in [-0.25, -0.2) is 4.39 Å². The number of furan rings is 1. The van der Waals surface area contributed by atoms with Crippen LogP contribution in [0.2, 0.25) is 10.0 Å². The van der Waals surface area contributed by atoms with E-state index >= 15 is 0 Å². The van der Waals surface area contributed by atoms with E-state index in [1.54, 1.807) is 30.3 Å². The maximum Gasteiger partial charge on any atom is 0.248 e. The van der Waals surface area contributed by atoms with Crippen molar-refractivity contribution in [2.75, 3.05) is 5.32 Å². The second kappa shape index (κ2) is 7.55. The zero-order chi connectivity index (χ0) is 17.8. The van der Waals surface area contributed by atoms with E-state index in [2.05, 4.69) is 5.32 Å². The quantitative estimate of drug-likeness (QED) is 0.564. The molecule has 0 saturated heterocycles. The molecule has 1 N–H and O–H groups in total. The molecule has 3 rings (SSSR count). The molecule has 0 aliphatic heterocycles. The summed E-state index contributed by atoms with van der Waals surface area (Å²) in [6, 6.07) is 14.2. The third kappa shape index (κ3) is 4.29. The smallest absolute Gasteiger partial charge is 0.248 e. The molecule has 0 bridgehead atoms. The summed E-state index contributed by atoms with van der Waals surface area (Å²) in [6.07, 6.45) is 2.85. The molecule has 3 nitrogen and oxygen atoms in total. The minimum atomic E-state index is -0.365. The van der Waals surface area contributed by atoms with Gasteiger partial charge in [0.25, 0.3) is 0 Å². The first kappa shape index (κ1) is 17.3. The van der Waals surface area contributed by atoms with Crippen LogP contribution in [0.1, 0.15) is 5.76 Å². The number of benzene rings is 2. The number of nitrogens with one attached hydrogen (secondary N) is 1. The molecule has 2 aromatic carbocycles. The molecule has 1 amide bonds. The van der Waals surface area contributed by atoms with Crippen LogP contribution in [0.5, 0.6) is 0 Å². The number of rotatable bonds is 4. The molecule has 0 saturated carbocycles. The highest BCUT2D eigenvalue weighted by molar-refractivity contribution is 6.43. The number of anilines is 1. The highest BCUT2D eigenvalue weighted by Crippen LogP contribution is 2.34. The van der Waals surface area contributed by atoms with Gasteiger partial charge in [0.15, 0.2) is 0 Å². The summed E-state index contributed by atoms with van der Waals surface area (Å²) in [6.45, 7) is 0. The van der Waals surface area contributed by atoms with Crippen LogP contribution < -0.4 is 5.32 Å². The molecule has 6 heteroatoms. The highest BCUT2D eigenvalue weighted by atomic mass is 35.5. The zero-order valence-electron chi connectivity index (χ0n) is 12.8. The van der Waals surface area contributed by atoms with Crippen LogP contribution in [0, 0.1) is 5.82 Å². The third-order valence-electron chi connectivity index (χ3n) is 3.35. The number of hydrogen-bond donors (Lipinski definition) is 1. The summed E-state index contributed by atoms with van der Waals surface area (Å²) in [5.41, 5.74) is 1.17. The van der Waals surface area contributed by atoms with Gasteiger partial charge in [0.05, 0.1) is 10.0 Å². The zero-order valence-corrected chi connectivity index (χ0v) is 14.3. The molecule has 1 heterocycles. The molecular formula is C19H12Cl2FNO2. The van der Waals surface area contributed by atoms with E-state index in [0.717, 1.165) is 0 Å². The van der Waals surface area contributed by atoms with Crippen LogP contribution in [-0.2, 0) is 4.79 Å². The van der Waals surface area contributed by atoms with Gasteiger partial charge in [-0.15, -0.1) is 0 Å². The summed E-state index contributed by atoms with van der Waals surface area (Å²) < 4.78 is 18.5. The average Bonchev–Trinajstić information content (AvgIpc) is 3.06. The Morgan fingerprint density at radius 2 is 1.80 bits per heavy atom. The number of hydrogen-bond acceptors (Lipinski definition) is 2. The highest BCUT2D eigenvalue weighted by Gasteiger charge is 2.10. The molecule has 0 fully saturated rings. The predicted octanol–water partition coefficient (Wildman–Crippen LogP) is 6.04. The van der Waals surface area contributed by atoms with E-state index in [0.29, 0.717) is 32.8 Å². The first-order chi connectivity index (χ1) is 12.0. The monoisotopic (exact) mass is 375 g/mol. The Hall–Kier alpha value is -2.56. The summed E-state index contributed by atoms with van der Waals surface area (Å²) in [5.74, 6) is 0.313. The maximum absolute atomic E-state index is 12.8. The van der Waals surface area contributed by atoms with Crippen molar-refractivity contribution in [1.82, 2.24) is 0 Å². The molecule has 0 unspecified atom stereocenters. The van der Waals surface area contributed by atoms with Gasteiger partial charge >= 0.3 is 0 Å². The molecule has 25 heavy (non-hydrogen) atoms. The number of carbonyl (C=O) groups excluding carboxylic acids is 1. The molecule has 0 atom stereocenters. The van der Waals surface area contributed by atoms with Crippen molar-refractivity contribution in [3.8, 4) is 11.3 Å². The standard InChI is InChI=1S/C19H12Cl2FNO2/c20-16-3-1-2-15(19(16)21)17-10-8-14(25-17)9-11-18(24)23-13-6-4-12(22)5-7-13/h1-11H,(H,23,24). The first-order valence-corrected chi connectivity index (χ1v) is 8.07. The summed E-state index contributed by atoms with van der Waals surface area (Å²) in [5, 5.41) is 3.46. The largest absolute Gasteiger partial charge is 0.457 e. The fourth-order valence-electron chi connectivity index (χ4n) is 2.16. The second-order valence-corrected chi connectivity index (χ2v) is 5.92. The van der Waals surface area contributed by atoms with E-state index in [9.17, 15) is 9.18 Å². The van der Waals surface area contributed by atoms with Crippen molar-refractivity contribution < 1.29 is 13.6 Å². The van der Waals surface area contributed by atoms with Gasteiger partial charge in [-0.1, -0.05) is 29.3 Å². The van der Waals surface area contributed by atoms with E-state index in [1.165, 1.54) is 36.4 Å². The normalized spacial score (nSPS) is 11.0. The summed E-state index contributed by atoms with van der Waals surface area (Å²) in [7, 11) is 0. The number of carbonyl (C=O) groups is 1. The summed E-state index contributed by atoms with van der Waals surface area (Å²) >= 11 is 12.2. The van der Waals surface area contributed by atoms with Crippen molar-refractivity contribution in [3.05, 3.63) is 82.3 Å². The van der Waals surface area contributed by atoms with Gasteiger partial charge < -0.3 is 9.73 Å². The molecular weight excluding hydrogens is 364 g/mol. The SMILES string of the molecule is O=C(C=Cc1ccc(-c2cccc(Cl)c2Cl)o1)Nc1ccc(F)cc1. The fraction of sp³-hybridized carbons (Fsp3) is 0. The van der Waals surface area contributed by atoms with Crippen molar-refractivity contribution in [1.29, 1.82) is 0 Å². The molecule has 0 aliphatic rings. The molecule has 126 valence electrons. The molecule has 0 radical (unpaired) electrons.